The Hall–Kier alpha value is -2.48. The van der Waals surface area contributed by atoms with Gasteiger partial charge >= 0.3 is 0 Å². The molecule has 0 unspecified atom stereocenters. The van der Waals surface area contributed by atoms with Crippen LogP contribution in [0.15, 0.2) is 28.8 Å². The lowest BCUT2D eigenvalue weighted by atomic mass is 10.0. The summed E-state index contributed by atoms with van der Waals surface area (Å²) in [6.07, 6.45) is 0. The van der Waals surface area contributed by atoms with Gasteiger partial charge in [0.15, 0.2) is 10.9 Å². The summed E-state index contributed by atoms with van der Waals surface area (Å²) in [7, 11) is 0. The summed E-state index contributed by atoms with van der Waals surface area (Å²) in [5.41, 5.74) is 0.775. The Bertz CT molecular complexity index is 885. The quantitative estimate of drug-likeness (QED) is 0.798. The van der Waals surface area contributed by atoms with Crippen molar-refractivity contribution in [3.63, 3.8) is 0 Å². The van der Waals surface area contributed by atoms with Gasteiger partial charge in [-0.1, -0.05) is 16.5 Å². The summed E-state index contributed by atoms with van der Waals surface area (Å²) in [6, 6.07) is 6.23. The zero-order valence-electron chi connectivity index (χ0n) is 12.2. The topological polar surface area (TPSA) is 71.3 Å². The zero-order valence-corrected chi connectivity index (χ0v) is 13.1. The predicted octanol–water partition coefficient (Wildman–Crippen LogP) is 2.81. The number of thiazole rings is 1. The molecule has 3 aromatic rings. The molecule has 23 heavy (non-hydrogen) atoms. The molecule has 1 N–H and O–H groups in total. The van der Waals surface area contributed by atoms with E-state index in [-0.39, 0.29) is 17.6 Å². The molecule has 4 rings (SSSR count). The van der Waals surface area contributed by atoms with E-state index >= 15 is 0 Å². The fourth-order valence-corrected chi connectivity index (χ4v) is 3.48. The van der Waals surface area contributed by atoms with Crippen LogP contribution in [0.2, 0.25) is 0 Å². The van der Waals surface area contributed by atoms with Gasteiger partial charge in [0.05, 0.1) is 16.1 Å². The fourth-order valence-electron chi connectivity index (χ4n) is 2.48. The lowest BCUT2D eigenvalue weighted by Gasteiger charge is -2.37. The Labute approximate surface area is 134 Å². The summed E-state index contributed by atoms with van der Waals surface area (Å²) in [5.74, 6) is 0.618. The molecule has 1 aliphatic rings. The number of carbonyl (C=O) groups excluding carboxylic acids is 1. The van der Waals surface area contributed by atoms with Gasteiger partial charge in [0.25, 0.3) is 0 Å². The monoisotopic (exact) mass is 332 g/mol. The number of nitrogens with one attached hydrogen (secondary N) is 1. The van der Waals surface area contributed by atoms with Crippen LogP contribution in [0.3, 0.4) is 0 Å². The highest BCUT2D eigenvalue weighted by Gasteiger charge is 2.34. The van der Waals surface area contributed by atoms with Crippen LogP contribution in [0.5, 0.6) is 0 Å². The first kappa shape index (κ1) is 14.1. The maximum Gasteiger partial charge on any atom is 0.232 e. The molecule has 2 aromatic heterocycles. The standard InChI is InChI=1S/C15H13FN4O2S/c1-8-4-13(19-22-8)18-14(21)9-6-20(7-9)15-17-11-3-2-10(16)5-12(11)23-15/h2-5,9H,6-7H2,1H3,(H,18,19,21). The second-order valence-electron chi connectivity index (χ2n) is 5.52. The Kier molecular flexibility index (Phi) is 3.26. The van der Waals surface area contributed by atoms with Gasteiger partial charge in [0.2, 0.25) is 5.91 Å². The van der Waals surface area contributed by atoms with Crippen LogP contribution in [-0.2, 0) is 4.79 Å². The molecule has 118 valence electrons. The molecule has 6 nitrogen and oxygen atoms in total. The van der Waals surface area contributed by atoms with Crippen molar-refractivity contribution >= 4 is 38.4 Å². The smallest absolute Gasteiger partial charge is 0.232 e. The van der Waals surface area contributed by atoms with Gasteiger partial charge < -0.3 is 14.7 Å². The van der Waals surface area contributed by atoms with Crippen LogP contribution in [-0.4, -0.2) is 29.1 Å². The van der Waals surface area contributed by atoms with Crippen LogP contribution in [0.1, 0.15) is 5.76 Å². The van der Waals surface area contributed by atoms with Crippen molar-refractivity contribution < 1.29 is 13.7 Å². The van der Waals surface area contributed by atoms with E-state index in [9.17, 15) is 9.18 Å². The largest absolute Gasteiger partial charge is 0.360 e. The summed E-state index contributed by atoms with van der Waals surface area (Å²) in [4.78, 5) is 18.6. The number of aromatic nitrogens is 2. The molecule has 1 aromatic carbocycles. The Balaban J connectivity index is 1.41. The Morgan fingerprint density at radius 1 is 1.43 bits per heavy atom. The van der Waals surface area contributed by atoms with E-state index in [4.69, 9.17) is 4.52 Å². The van der Waals surface area contributed by atoms with Crippen LogP contribution < -0.4 is 10.2 Å². The van der Waals surface area contributed by atoms with E-state index in [2.05, 4.69) is 15.5 Å². The number of fused-ring (bicyclic) bond motifs is 1. The number of hydrogen-bond acceptors (Lipinski definition) is 6. The molecule has 1 aliphatic heterocycles. The van der Waals surface area contributed by atoms with E-state index in [1.165, 1.54) is 23.5 Å². The highest BCUT2D eigenvalue weighted by Crippen LogP contribution is 2.33. The van der Waals surface area contributed by atoms with E-state index in [0.717, 1.165) is 15.3 Å². The molecule has 0 spiro atoms. The molecular formula is C15H13FN4O2S. The summed E-state index contributed by atoms with van der Waals surface area (Å²) >= 11 is 1.43. The van der Waals surface area contributed by atoms with Crippen molar-refractivity contribution in [2.24, 2.45) is 5.92 Å². The molecule has 8 heteroatoms. The maximum atomic E-state index is 13.2. The van der Waals surface area contributed by atoms with Crippen molar-refractivity contribution in [3.05, 3.63) is 35.8 Å². The molecule has 1 fully saturated rings. The van der Waals surface area contributed by atoms with Crippen molar-refractivity contribution in [2.45, 2.75) is 6.92 Å². The normalized spacial score (nSPS) is 15.0. The number of rotatable bonds is 3. The van der Waals surface area contributed by atoms with Gasteiger partial charge in [-0.2, -0.15) is 0 Å². The first-order chi connectivity index (χ1) is 11.1. The van der Waals surface area contributed by atoms with E-state index in [1.807, 2.05) is 4.90 Å². The maximum absolute atomic E-state index is 13.2. The zero-order chi connectivity index (χ0) is 16.0. The van der Waals surface area contributed by atoms with E-state index in [0.29, 0.717) is 24.7 Å². The number of anilines is 2. The molecule has 0 atom stereocenters. The highest BCUT2D eigenvalue weighted by atomic mass is 32.1. The average Bonchev–Trinajstić information content (AvgIpc) is 3.03. The fraction of sp³-hybridized carbons (Fsp3) is 0.267. The molecule has 0 bridgehead atoms. The molecular weight excluding hydrogens is 319 g/mol. The number of carbonyl (C=O) groups is 1. The van der Waals surface area contributed by atoms with Crippen molar-refractivity contribution in [1.82, 2.24) is 10.1 Å². The van der Waals surface area contributed by atoms with Gasteiger partial charge in [-0.15, -0.1) is 0 Å². The molecule has 1 amide bonds. The lowest BCUT2D eigenvalue weighted by Crippen LogP contribution is -2.52. The number of nitrogens with zero attached hydrogens (tertiary/aromatic N) is 3. The number of benzene rings is 1. The predicted molar refractivity (Wildman–Crippen MR) is 85.2 cm³/mol. The molecule has 0 radical (unpaired) electrons. The average molecular weight is 332 g/mol. The summed E-state index contributed by atoms with van der Waals surface area (Å²) in [5, 5.41) is 7.29. The minimum absolute atomic E-state index is 0.0818. The lowest BCUT2D eigenvalue weighted by molar-refractivity contribution is -0.120. The van der Waals surface area contributed by atoms with Crippen molar-refractivity contribution in [3.8, 4) is 0 Å². The summed E-state index contributed by atoms with van der Waals surface area (Å²) in [6.45, 7) is 2.94. The molecule has 0 saturated carbocycles. The first-order valence-electron chi connectivity index (χ1n) is 7.14. The van der Waals surface area contributed by atoms with E-state index < -0.39 is 0 Å². The van der Waals surface area contributed by atoms with Crippen molar-refractivity contribution in [2.75, 3.05) is 23.3 Å². The molecule has 0 aliphatic carbocycles. The van der Waals surface area contributed by atoms with Gasteiger partial charge in [0.1, 0.15) is 11.6 Å². The van der Waals surface area contributed by atoms with Crippen LogP contribution in [0, 0.1) is 18.7 Å². The number of halogens is 1. The second kappa shape index (κ2) is 5.31. The Morgan fingerprint density at radius 2 is 2.26 bits per heavy atom. The first-order valence-corrected chi connectivity index (χ1v) is 7.95. The van der Waals surface area contributed by atoms with Gasteiger partial charge in [-0.25, -0.2) is 9.37 Å². The van der Waals surface area contributed by atoms with Gasteiger partial charge in [-0.3, -0.25) is 4.79 Å². The summed E-state index contributed by atoms with van der Waals surface area (Å²) < 4.78 is 18.9. The minimum Gasteiger partial charge on any atom is -0.360 e. The Morgan fingerprint density at radius 3 is 3.00 bits per heavy atom. The number of amides is 1. The third kappa shape index (κ3) is 2.65. The number of hydrogen-bond donors (Lipinski definition) is 1. The molecule has 3 heterocycles. The number of aryl methyl sites for hydroxylation is 1. The van der Waals surface area contributed by atoms with Crippen LogP contribution in [0.25, 0.3) is 10.2 Å². The van der Waals surface area contributed by atoms with Gasteiger partial charge in [0, 0.05) is 19.2 Å². The highest BCUT2D eigenvalue weighted by molar-refractivity contribution is 7.22. The van der Waals surface area contributed by atoms with E-state index in [1.54, 1.807) is 19.1 Å². The molecule has 1 saturated heterocycles. The minimum atomic E-state index is -0.267. The SMILES string of the molecule is Cc1cc(NC(=O)C2CN(c3nc4ccc(F)cc4s3)C2)no1. The third-order valence-corrected chi connectivity index (χ3v) is 4.82. The second-order valence-corrected chi connectivity index (χ2v) is 6.53. The van der Waals surface area contributed by atoms with Crippen LogP contribution >= 0.6 is 11.3 Å². The third-order valence-electron chi connectivity index (χ3n) is 3.74. The van der Waals surface area contributed by atoms with Gasteiger partial charge in [-0.05, 0) is 25.1 Å². The van der Waals surface area contributed by atoms with Crippen molar-refractivity contribution in [1.29, 1.82) is 0 Å². The van der Waals surface area contributed by atoms with Crippen LogP contribution in [0.4, 0.5) is 15.3 Å².